The van der Waals surface area contributed by atoms with E-state index in [1.807, 2.05) is 12.2 Å². The van der Waals surface area contributed by atoms with Crippen molar-refractivity contribution in [3.8, 4) is 0 Å². The first-order chi connectivity index (χ1) is 11.4. The lowest BCUT2D eigenvalue weighted by Gasteiger charge is -2.55. The van der Waals surface area contributed by atoms with Gasteiger partial charge >= 0.3 is 0 Å². The standard InChI is InChI=1S/C22H28O2/c1-4-5-14-13-22(3)15(12-19(14)23)6-7-16-17-8-9-20(24)21(17,2)11-10-18(16)22/h4,6-7,12,14,16-18H,1,5,8-11,13H2,2-3H3/t14?,16-,17-,18-,21-,22-/m0/s1. The Kier molecular flexibility index (Phi) is 3.53. The fourth-order valence-corrected chi connectivity index (χ4v) is 6.36. The van der Waals surface area contributed by atoms with Gasteiger partial charge in [0.2, 0.25) is 0 Å². The number of carbonyl (C=O) groups excluding carboxylic acids is 2. The Hall–Kier alpha value is -1.44. The van der Waals surface area contributed by atoms with Gasteiger partial charge in [-0.15, -0.1) is 6.58 Å². The molecule has 0 spiro atoms. The summed E-state index contributed by atoms with van der Waals surface area (Å²) >= 11 is 0. The predicted molar refractivity (Wildman–Crippen MR) is 95.3 cm³/mol. The van der Waals surface area contributed by atoms with Crippen molar-refractivity contribution in [3.63, 3.8) is 0 Å². The molecule has 0 amide bonds. The molecule has 2 fully saturated rings. The number of carbonyl (C=O) groups is 2. The third-order valence-electron chi connectivity index (χ3n) is 7.84. The van der Waals surface area contributed by atoms with Crippen LogP contribution in [0.4, 0.5) is 0 Å². The second-order valence-electron chi connectivity index (χ2n) is 8.91. The van der Waals surface area contributed by atoms with Gasteiger partial charge in [-0.2, -0.15) is 0 Å². The Labute approximate surface area is 145 Å². The highest BCUT2D eigenvalue weighted by Gasteiger charge is 2.58. The van der Waals surface area contributed by atoms with E-state index in [2.05, 4.69) is 32.6 Å². The van der Waals surface area contributed by atoms with Crippen LogP contribution in [0.15, 0.2) is 36.5 Å². The van der Waals surface area contributed by atoms with E-state index in [1.54, 1.807) is 0 Å². The summed E-state index contributed by atoms with van der Waals surface area (Å²) < 4.78 is 0. The summed E-state index contributed by atoms with van der Waals surface area (Å²) in [6, 6.07) is 0. The second kappa shape index (κ2) is 5.28. The number of hydrogen-bond donors (Lipinski definition) is 0. The van der Waals surface area contributed by atoms with Crippen LogP contribution in [0.3, 0.4) is 0 Å². The van der Waals surface area contributed by atoms with E-state index in [0.29, 0.717) is 23.5 Å². The molecule has 0 aliphatic heterocycles. The summed E-state index contributed by atoms with van der Waals surface area (Å²) in [5.74, 6) is 2.39. The van der Waals surface area contributed by atoms with E-state index in [1.165, 1.54) is 5.57 Å². The molecule has 4 rings (SSSR count). The summed E-state index contributed by atoms with van der Waals surface area (Å²) in [4.78, 5) is 24.9. The molecular weight excluding hydrogens is 296 g/mol. The maximum Gasteiger partial charge on any atom is 0.159 e. The zero-order chi connectivity index (χ0) is 17.1. The molecule has 1 unspecified atom stereocenters. The van der Waals surface area contributed by atoms with Crippen LogP contribution in [-0.2, 0) is 9.59 Å². The minimum absolute atomic E-state index is 0.0774. The third-order valence-corrected chi connectivity index (χ3v) is 7.84. The van der Waals surface area contributed by atoms with E-state index in [0.717, 1.165) is 38.5 Å². The molecule has 2 nitrogen and oxygen atoms in total. The highest BCUT2D eigenvalue weighted by atomic mass is 16.1. The maximum atomic E-state index is 12.5. The molecule has 6 atom stereocenters. The molecule has 0 bridgehead atoms. The fourth-order valence-electron chi connectivity index (χ4n) is 6.36. The topological polar surface area (TPSA) is 34.1 Å². The van der Waals surface area contributed by atoms with Crippen molar-refractivity contribution >= 4 is 11.6 Å². The average molecular weight is 324 g/mol. The molecule has 24 heavy (non-hydrogen) atoms. The molecule has 4 aliphatic carbocycles. The number of fused-ring (bicyclic) bond motifs is 5. The number of hydrogen-bond acceptors (Lipinski definition) is 2. The predicted octanol–water partition coefficient (Wildman–Crippen LogP) is 4.67. The van der Waals surface area contributed by atoms with Crippen LogP contribution >= 0.6 is 0 Å². The minimum Gasteiger partial charge on any atom is -0.299 e. The summed E-state index contributed by atoms with van der Waals surface area (Å²) in [5, 5.41) is 0. The first kappa shape index (κ1) is 16.1. The van der Waals surface area contributed by atoms with Crippen LogP contribution < -0.4 is 0 Å². The summed E-state index contributed by atoms with van der Waals surface area (Å²) in [6.45, 7) is 8.40. The van der Waals surface area contributed by atoms with Gasteiger partial charge in [0.1, 0.15) is 5.78 Å². The summed E-state index contributed by atoms with van der Waals surface area (Å²) in [5.41, 5.74) is 1.20. The quantitative estimate of drug-likeness (QED) is 0.692. The lowest BCUT2D eigenvalue weighted by Crippen LogP contribution is -2.50. The fraction of sp³-hybridized carbons (Fsp3) is 0.636. The van der Waals surface area contributed by atoms with Crippen molar-refractivity contribution in [2.24, 2.45) is 34.5 Å². The lowest BCUT2D eigenvalue weighted by molar-refractivity contribution is -0.130. The number of Topliss-reactive ketones (excluding diaryl/α,β-unsaturated/α-hetero) is 1. The molecular formula is C22H28O2. The molecule has 2 heteroatoms. The van der Waals surface area contributed by atoms with Gasteiger partial charge in [-0.3, -0.25) is 9.59 Å². The van der Waals surface area contributed by atoms with Crippen molar-refractivity contribution in [3.05, 3.63) is 36.5 Å². The molecule has 0 heterocycles. The molecule has 0 saturated heterocycles. The van der Waals surface area contributed by atoms with Crippen LogP contribution in [-0.4, -0.2) is 11.6 Å². The second-order valence-corrected chi connectivity index (χ2v) is 8.91. The SMILES string of the molecule is C=CCC1C[C@@]2(C)C(=CC1=O)C=C[C@@H]1[C@@H]2CC[C@]2(C)C(=O)CC[C@@H]12. The summed E-state index contributed by atoms with van der Waals surface area (Å²) in [6.07, 6.45) is 14.0. The van der Waals surface area contributed by atoms with Gasteiger partial charge in [-0.1, -0.05) is 32.1 Å². The molecule has 0 aromatic heterocycles. The third kappa shape index (κ3) is 2.01. The molecule has 2 saturated carbocycles. The largest absolute Gasteiger partial charge is 0.299 e. The Bertz CT molecular complexity index is 669. The number of rotatable bonds is 2. The van der Waals surface area contributed by atoms with Crippen LogP contribution in [0.25, 0.3) is 0 Å². The van der Waals surface area contributed by atoms with E-state index in [-0.39, 0.29) is 22.5 Å². The Morgan fingerprint density at radius 3 is 2.71 bits per heavy atom. The molecule has 0 aromatic rings. The molecule has 128 valence electrons. The van der Waals surface area contributed by atoms with Gasteiger partial charge in [-0.05, 0) is 66.9 Å². The van der Waals surface area contributed by atoms with Crippen molar-refractivity contribution in [1.82, 2.24) is 0 Å². The van der Waals surface area contributed by atoms with Crippen LogP contribution in [0.1, 0.15) is 52.4 Å². The lowest BCUT2D eigenvalue weighted by atomic mass is 9.48. The van der Waals surface area contributed by atoms with Crippen molar-refractivity contribution in [1.29, 1.82) is 0 Å². The van der Waals surface area contributed by atoms with Gasteiger partial charge < -0.3 is 0 Å². The van der Waals surface area contributed by atoms with Gasteiger partial charge in [0.05, 0.1) is 0 Å². The molecule has 4 aliphatic rings. The van der Waals surface area contributed by atoms with Gasteiger partial charge in [0.15, 0.2) is 5.78 Å². The molecule has 0 radical (unpaired) electrons. The van der Waals surface area contributed by atoms with Gasteiger partial charge in [-0.25, -0.2) is 0 Å². The monoisotopic (exact) mass is 324 g/mol. The zero-order valence-electron chi connectivity index (χ0n) is 14.9. The minimum atomic E-state index is -0.103. The number of ketones is 2. The van der Waals surface area contributed by atoms with Crippen molar-refractivity contribution < 1.29 is 9.59 Å². The highest BCUT2D eigenvalue weighted by Crippen LogP contribution is 2.63. The van der Waals surface area contributed by atoms with Crippen LogP contribution in [0.2, 0.25) is 0 Å². The van der Waals surface area contributed by atoms with Crippen LogP contribution in [0, 0.1) is 34.5 Å². The number of allylic oxidation sites excluding steroid dienone is 5. The van der Waals surface area contributed by atoms with Crippen molar-refractivity contribution in [2.75, 3.05) is 0 Å². The Morgan fingerprint density at radius 1 is 1.21 bits per heavy atom. The van der Waals surface area contributed by atoms with Gasteiger partial charge in [0, 0.05) is 17.8 Å². The van der Waals surface area contributed by atoms with E-state index in [9.17, 15) is 9.59 Å². The van der Waals surface area contributed by atoms with Crippen molar-refractivity contribution in [2.45, 2.75) is 52.4 Å². The zero-order valence-corrected chi connectivity index (χ0v) is 14.9. The van der Waals surface area contributed by atoms with Gasteiger partial charge in [0.25, 0.3) is 0 Å². The normalized spacial score (nSPS) is 46.8. The Balaban J connectivity index is 1.73. The Morgan fingerprint density at radius 2 is 1.96 bits per heavy atom. The summed E-state index contributed by atoms with van der Waals surface area (Å²) in [7, 11) is 0. The maximum absolute atomic E-state index is 12.5. The average Bonchev–Trinajstić information content (AvgIpc) is 2.85. The van der Waals surface area contributed by atoms with E-state index in [4.69, 9.17) is 0 Å². The van der Waals surface area contributed by atoms with Crippen LogP contribution in [0.5, 0.6) is 0 Å². The van der Waals surface area contributed by atoms with E-state index >= 15 is 0 Å². The molecule has 0 N–H and O–H groups in total. The first-order valence-corrected chi connectivity index (χ1v) is 9.48. The van der Waals surface area contributed by atoms with E-state index < -0.39 is 0 Å². The smallest absolute Gasteiger partial charge is 0.159 e. The highest BCUT2D eigenvalue weighted by molar-refractivity contribution is 5.94. The first-order valence-electron chi connectivity index (χ1n) is 9.48. The molecule has 0 aromatic carbocycles.